The van der Waals surface area contributed by atoms with Crippen LogP contribution in [0.25, 0.3) is 0 Å². The van der Waals surface area contributed by atoms with E-state index >= 15 is 0 Å². The van der Waals surface area contributed by atoms with Crippen LogP contribution in [0.15, 0.2) is 12.1 Å². The summed E-state index contributed by atoms with van der Waals surface area (Å²) in [7, 11) is 1.31. The fourth-order valence-electron chi connectivity index (χ4n) is 1.33. The highest BCUT2D eigenvalue weighted by Crippen LogP contribution is 2.19. The lowest BCUT2D eigenvalue weighted by Gasteiger charge is -2.07. The van der Waals surface area contributed by atoms with Gasteiger partial charge in [0.05, 0.1) is 19.1 Å². The zero-order chi connectivity index (χ0) is 12.8. The lowest BCUT2D eigenvalue weighted by Crippen LogP contribution is -2.06. The molecule has 0 bridgehead atoms. The second kappa shape index (κ2) is 5.71. The number of nitrogen functional groups attached to an aromatic ring is 1. The summed E-state index contributed by atoms with van der Waals surface area (Å²) in [6.07, 6.45) is 0.868. The van der Waals surface area contributed by atoms with Crippen LogP contribution >= 0.6 is 0 Å². The minimum atomic E-state index is -0.451. The topological polar surface area (TPSA) is 69.4 Å². The molecule has 0 saturated heterocycles. The lowest BCUT2D eigenvalue weighted by atomic mass is 10.0. The molecule has 0 aliphatic rings. The first-order chi connectivity index (χ1) is 8.10. The molecule has 0 fully saturated rings. The van der Waals surface area contributed by atoms with E-state index in [9.17, 15) is 9.59 Å². The smallest absolute Gasteiger partial charge is 0.338 e. The van der Waals surface area contributed by atoms with Gasteiger partial charge in [-0.3, -0.25) is 0 Å². The minimum Gasteiger partial charge on any atom is -0.465 e. The number of ether oxygens (including phenoxy) is 1. The Morgan fingerprint density at radius 2 is 2.24 bits per heavy atom. The molecular weight excluding hydrogens is 218 g/mol. The van der Waals surface area contributed by atoms with Crippen molar-refractivity contribution < 1.29 is 14.3 Å². The van der Waals surface area contributed by atoms with Gasteiger partial charge in [0.15, 0.2) is 0 Å². The van der Waals surface area contributed by atoms with Crippen LogP contribution in [0.1, 0.15) is 27.9 Å². The monoisotopic (exact) mass is 231 g/mol. The fourth-order valence-corrected chi connectivity index (χ4v) is 1.33. The largest absolute Gasteiger partial charge is 0.465 e. The van der Waals surface area contributed by atoms with E-state index in [0.29, 0.717) is 28.7 Å². The Labute approximate surface area is 99.8 Å². The number of anilines is 1. The highest BCUT2D eigenvalue weighted by molar-refractivity contribution is 5.93. The van der Waals surface area contributed by atoms with Crippen LogP contribution in [0.4, 0.5) is 5.69 Å². The van der Waals surface area contributed by atoms with Crippen LogP contribution in [0, 0.1) is 18.8 Å². The Bertz CT molecular complexity index is 509. The summed E-state index contributed by atoms with van der Waals surface area (Å²) in [5.41, 5.74) is 7.90. The Balaban J connectivity index is 3.20. The van der Waals surface area contributed by atoms with E-state index in [0.717, 1.165) is 0 Å². The predicted molar refractivity (Wildman–Crippen MR) is 64.5 cm³/mol. The molecule has 88 valence electrons. The number of nitrogens with two attached hydrogens (primary N) is 1. The number of methoxy groups -OCH3 is 1. The summed E-state index contributed by atoms with van der Waals surface area (Å²) in [5.74, 6) is 4.97. The van der Waals surface area contributed by atoms with Crippen molar-refractivity contribution in [2.75, 3.05) is 12.8 Å². The Hall–Kier alpha value is -2.28. The zero-order valence-corrected chi connectivity index (χ0v) is 9.74. The van der Waals surface area contributed by atoms with Crippen LogP contribution in [0.3, 0.4) is 0 Å². The number of carbonyl (C=O) groups excluding carboxylic acids is 2. The van der Waals surface area contributed by atoms with Crippen molar-refractivity contribution in [3.8, 4) is 11.8 Å². The van der Waals surface area contributed by atoms with Gasteiger partial charge in [0.2, 0.25) is 0 Å². The van der Waals surface area contributed by atoms with Crippen LogP contribution < -0.4 is 5.73 Å². The van der Waals surface area contributed by atoms with Gasteiger partial charge in [0.1, 0.15) is 6.29 Å². The first-order valence-corrected chi connectivity index (χ1v) is 5.01. The normalized spacial score (nSPS) is 9.06. The zero-order valence-electron chi connectivity index (χ0n) is 9.74. The molecular formula is C13H13NO3. The summed E-state index contributed by atoms with van der Waals surface area (Å²) in [5, 5.41) is 0. The molecule has 0 spiro atoms. The van der Waals surface area contributed by atoms with Crippen molar-refractivity contribution >= 4 is 17.9 Å². The molecule has 0 saturated carbocycles. The predicted octanol–water partition coefficient (Wildman–Crippen LogP) is 1.30. The van der Waals surface area contributed by atoms with E-state index in [1.54, 1.807) is 19.1 Å². The molecule has 17 heavy (non-hydrogen) atoms. The summed E-state index contributed by atoms with van der Waals surface area (Å²) in [6, 6.07) is 3.27. The molecule has 0 atom stereocenters. The number of carbonyl (C=O) groups is 2. The Kier molecular flexibility index (Phi) is 4.29. The molecule has 0 unspecified atom stereocenters. The van der Waals surface area contributed by atoms with E-state index in [1.807, 2.05) is 0 Å². The second-order valence-electron chi connectivity index (χ2n) is 3.40. The van der Waals surface area contributed by atoms with E-state index in [4.69, 9.17) is 5.73 Å². The van der Waals surface area contributed by atoms with E-state index in [1.165, 1.54) is 7.11 Å². The van der Waals surface area contributed by atoms with Crippen LogP contribution in [0.5, 0.6) is 0 Å². The van der Waals surface area contributed by atoms with Crippen molar-refractivity contribution in [1.29, 1.82) is 0 Å². The van der Waals surface area contributed by atoms with Crippen molar-refractivity contribution in [3.63, 3.8) is 0 Å². The maximum absolute atomic E-state index is 11.5. The molecule has 1 aromatic rings. The first kappa shape index (κ1) is 12.8. The van der Waals surface area contributed by atoms with E-state index in [-0.39, 0.29) is 6.42 Å². The molecule has 4 heteroatoms. The van der Waals surface area contributed by atoms with Gasteiger partial charge in [0, 0.05) is 11.3 Å². The van der Waals surface area contributed by atoms with Crippen molar-refractivity contribution in [2.45, 2.75) is 13.3 Å². The van der Waals surface area contributed by atoms with Crippen LogP contribution in [-0.4, -0.2) is 19.4 Å². The molecule has 0 aliphatic carbocycles. The number of benzene rings is 1. The third-order valence-electron chi connectivity index (χ3n) is 2.27. The third-order valence-corrected chi connectivity index (χ3v) is 2.27. The molecule has 0 heterocycles. The number of aldehydes is 1. The molecule has 0 radical (unpaired) electrons. The highest BCUT2D eigenvalue weighted by atomic mass is 16.5. The third kappa shape index (κ3) is 3.08. The van der Waals surface area contributed by atoms with Gasteiger partial charge in [-0.2, -0.15) is 0 Å². The molecule has 0 amide bonds. The lowest BCUT2D eigenvalue weighted by molar-refractivity contribution is -0.107. The number of hydrogen-bond donors (Lipinski definition) is 1. The van der Waals surface area contributed by atoms with Gasteiger partial charge in [-0.1, -0.05) is 11.8 Å². The molecule has 0 aromatic heterocycles. The molecule has 0 aliphatic heterocycles. The van der Waals surface area contributed by atoms with Gasteiger partial charge in [-0.25, -0.2) is 4.79 Å². The average Bonchev–Trinajstić information content (AvgIpc) is 2.32. The summed E-state index contributed by atoms with van der Waals surface area (Å²) < 4.78 is 4.65. The molecule has 4 nitrogen and oxygen atoms in total. The van der Waals surface area contributed by atoms with Gasteiger partial charge in [-0.05, 0) is 24.6 Å². The summed E-state index contributed by atoms with van der Waals surface area (Å²) in [6.45, 7) is 1.74. The summed E-state index contributed by atoms with van der Waals surface area (Å²) in [4.78, 5) is 21.6. The van der Waals surface area contributed by atoms with Crippen molar-refractivity contribution in [2.24, 2.45) is 0 Å². The van der Waals surface area contributed by atoms with E-state index in [2.05, 4.69) is 16.6 Å². The molecule has 1 aromatic carbocycles. The Morgan fingerprint density at radius 3 is 2.82 bits per heavy atom. The van der Waals surface area contributed by atoms with Crippen molar-refractivity contribution in [1.82, 2.24) is 0 Å². The SMILES string of the molecule is COC(=O)c1cc(C#CCC=O)cc(N)c1C. The number of hydrogen-bond acceptors (Lipinski definition) is 4. The average molecular weight is 231 g/mol. The van der Waals surface area contributed by atoms with Crippen LogP contribution in [-0.2, 0) is 9.53 Å². The van der Waals surface area contributed by atoms with Gasteiger partial charge < -0.3 is 15.3 Å². The van der Waals surface area contributed by atoms with E-state index < -0.39 is 5.97 Å². The maximum atomic E-state index is 11.5. The molecule has 1 rings (SSSR count). The first-order valence-electron chi connectivity index (χ1n) is 5.01. The fraction of sp³-hybridized carbons (Fsp3) is 0.231. The minimum absolute atomic E-state index is 0.154. The number of rotatable bonds is 2. The van der Waals surface area contributed by atoms with Gasteiger partial charge >= 0.3 is 5.97 Å². The van der Waals surface area contributed by atoms with Gasteiger partial charge in [-0.15, -0.1) is 0 Å². The molecule has 2 N–H and O–H groups in total. The second-order valence-corrected chi connectivity index (χ2v) is 3.40. The van der Waals surface area contributed by atoms with Crippen molar-refractivity contribution in [3.05, 3.63) is 28.8 Å². The standard InChI is InChI=1S/C13H13NO3/c1-9-11(13(16)17-2)7-10(8-12(9)14)5-3-4-6-15/h6-8H,4,14H2,1-2H3. The van der Waals surface area contributed by atoms with Gasteiger partial charge in [0.25, 0.3) is 0 Å². The Morgan fingerprint density at radius 1 is 1.53 bits per heavy atom. The maximum Gasteiger partial charge on any atom is 0.338 e. The highest BCUT2D eigenvalue weighted by Gasteiger charge is 2.12. The summed E-state index contributed by atoms with van der Waals surface area (Å²) >= 11 is 0. The number of esters is 1. The quantitative estimate of drug-likeness (QED) is 0.360. The van der Waals surface area contributed by atoms with Crippen LogP contribution in [0.2, 0.25) is 0 Å².